The van der Waals surface area contributed by atoms with E-state index in [1.54, 1.807) is 24.3 Å². The number of phenolic OH excluding ortho intramolecular Hbond substituents is 1. The second kappa shape index (κ2) is 7.06. The molecular formula is C14H9Br2ClN2O2. The molecule has 4 nitrogen and oxygen atoms in total. The van der Waals surface area contributed by atoms with Crippen molar-refractivity contribution in [3.63, 3.8) is 0 Å². The molecule has 0 aliphatic carbocycles. The molecule has 0 fully saturated rings. The van der Waals surface area contributed by atoms with E-state index in [9.17, 15) is 9.90 Å². The summed E-state index contributed by atoms with van der Waals surface area (Å²) in [6.07, 6.45) is 1.32. The number of hydrogen-bond acceptors (Lipinski definition) is 3. The fourth-order valence-electron chi connectivity index (χ4n) is 1.55. The molecule has 0 saturated carbocycles. The maximum absolute atomic E-state index is 11.9. The Hall–Kier alpha value is -1.37. The van der Waals surface area contributed by atoms with Gasteiger partial charge >= 0.3 is 0 Å². The first kappa shape index (κ1) is 16.0. The normalized spacial score (nSPS) is 10.8. The zero-order valence-corrected chi connectivity index (χ0v) is 14.4. The zero-order valence-electron chi connectivity index (χ0n) is 10.5. The average molecular weight is 432 g/mol. The highest BCUT2D eigenvalue weighted by Crippen LogP contribution is 2.30. The fraction of sp³-hybridized carbons (Fsp3) is 0. The Bertz CT molecular complexity index is 720. The summed E-state index contributed by atoms with van der Waals surface area (Å²) < 4.78 is 1.12. The van der Waals surface area contributed by atoms with Crippen molar-refractivity contribution in [3.8, 4) is 5.75 Å². The zero-order chi connectivity index (χ0) is 15.4. The van der Waals surface area contributed by atoms with Gasteiger partial charge in [-0.15, -0.1) is 0 Å². The van der Waals surface area contributed by atoms with E-state index >= 15 is 0 Å². The molecule has 0 bridgehead atoms. The van der Waals surface area contributed by atoms with E-state index in [-0.39, 0.29) is 11.7 Å². The predicted octanol–water partition coefficient (Wildman–Crippen LogP) is 4.33. The lowest BCUT2D eigenvalue weighted by atomic mass is 10.2. The fourth-order valence-corrected chi connectivity index (χ4v) is 2.85. The van der Waals surface area contributed by atoms with Crippen LogP contribution >= 0.6 is 43.5 Å². The van der Waals surface area contributed by atoms with Crippen LogP contribution in [0.15, 0.2) is 50.4 Å². The van der Waals surface area contributed by atoms with Gasteiger partial charge in [0.05, 0.1) is 16.3 Å². The number of carbonyl (C=O) groups excluding carboxylic acids is 1. The maximum atomic E-state index is 11.9. The largest absolute Gasteiger partial charge is 0.506 e. The predicted molar refractivity (Wildman–Crippen MR) is 90.0 cm³/mol. The van der Waals surface area contributed by atoms with Crippen LogP contribution in [-0.2, 0) is 0 Å². The summed E-state index contributed by atoms with van der Waals surface area (Å²) in [5.41, 5.74) is 3.24. The van der Waals surface area contributed by atoms with Crippen molar-refractivity contribution in [1.29, 1.82) is 0 Å². The van der Waals surface area contributed by atoms with Crippen LogP contribution in [0.4, 0.5) is 0 Å². The standard InChI is InChI=1S/C14H9Br2ClN2O2/c15-11-4-2-1-3-10(11)14(21)19-18-7-8-5-9(17)6-12(16)13(8)20/h1-7,20H,(H,19,21). The minimum atomic E-state index is -0.362. The van der Waals surface area contributed by atoms with Gasteiger partial charge in [0.2, 0.25) is 0 Å². The quantitative estimate of drug-likeness (QED) is 0.560. The molecule has 0 radical (unpaired) electrons. The van der Waals surface area contributed by atoms with Crippen LogP contribution in [0.1, 0.15) is 15.9 Å². The third kappa shape index (κ3) is 4.06. The minimum Gasteiger partial charge on any atom is -0.506 e. The van der Waals surface area contributed by atoms with Gasteiger partial charge in [0, 0.05) is 15.1 Å². The third-order valence-electron chi connectivity index (χ3n) is 2.55. The molecule has 108 valence electrons. The molecule has 2 N–H and O–H groups in total. The van der Waals surface area contributed by atoms with E-state index < -0.39 is 0 Å². The summed E-state index contributed by atoms with van der Waals surface area (Å²) in [5, 5.41) is 14.1. The molecule has 21 heavy (non-hydrogen) atoms. The van der Waals surface area contributed by atoms with Crippen molar-refractivity contribution >= 4 is 55.6 Å². The van der Waals surface area contributed by atoms with Crippen LogP contribution in [0, 0.1) is 0 Å². The molecule has 0 aliphatic heterocycles. The summed E-state index contributed by atoms with van der Waals surface area (Å²) in [4.78, 5) is 11.9. The number of nitrogens with one attached hydrogen (secondary N) is 1. The van der Waals surface area contributed by atoms with Crippen LogP contribution in [0.2, 0.25) is 5.02 Å². The topological polar surface area (TPSA) is 61.7 Å². The molecule has 0 heterocycles. The van der Waals surface area contributed by atoms with Gasteiger partial charge < -0.3 is 5.11 Å². The number of nitrogens with zero attached hydrogens (tertiary/aromatic N) is 1. The lowest BCUT2D eigenvalue weighted by Crippen LogP contribution is -2.18. The van der Waals surface area contributed by atoms with Gasteiger partial charge in [-0.2, -0.15) is 5.10 Å². The molecule has 0 aromatic heterocycles. The molecule has 2 aromatic rings. The van der Waals surface area contributed by atoms with E-state index in [1.807, 2.05) is 6.07 Å². The highest BCUT2D eigenvalue weighted by molar-refractivity contribution is 9.10. The molecule has 0 saturated heterocycles. The van der Waals surface area contributed by atoms with Gasteiger partial charge in [-0.3, -0.25) is 4.79 Å². The molecule has 2 aromatic carbocycles. The van der Waals surface area contributed by atoms with Crippen LogP contribution < -0.4 is 5.43 Å². The first-order chi connectivity index (χ1) is 9.99. The molecule has 0 spiro atoms. The molecule has 0 unspecified atom stereocenters. The Labute approximate surface area is 143 Å². The number of amides is 1. The highest BCUT2D eigenvalue weighted by atomic mass is 79.9. The summed E-state index contributed by atoms with van der Waals surface area (Å²) >= 11 is 12.3. The van der Waals surface area contributed by atoms with Crippen LogP contribution in [-0.4, -0.2) is 17.2 Å². The van der Waals surface area contributed by atoms with E-state index in [2.05, 4.69) is 42.4 Å². The Morgan fingerprint density at radius 2 is 1.95 bits per heavy atom. The number of halogens is 3. The summed E-state index contributed by atoms with van der Waals surface area (Å²) in [7, 11) is 0. The molecule has 1 amide bonds. The monoisotopic (exact) mass is 430 g/mol. The summed E-state index contributed by atoms with van der Waals surface area (Å²) in [6.45, 7) is 0. The van der Waals surface area contributed by atoms with Gasteiger partial charge in [0.1, 0.15) is 5.75 Å². The summed E-state index contributed by atoms with van der Waals surface area (Å²) in [6, 6.07) is 10.1. The summed E-state index contributed by atoms with van der Waals surface area (Å²) in [5.74, 6) is -0.363. The van der Waals surface area contributed by atoms with Gasteiger partial charge in [0.15, 0.2) is 0 Å². The first-order valence-electron chi connectivity index (χ1n) is 5.75. The second-order valence-electron chi connectivity index (χ2n) is 4.00. The van der Waals surface area contributed by atoms with Crippen LogP contribution in [0.25, 0.3) is 0 Å². The lowest BCUT2D eigenvalue weighted by Gasteiger charge is -2.04. The molecule has 7 heteroatoms. The van der Waals surface area contributed by atoms with Crippen molar-refractivity contribution in [2.75, 3.05) is 0 Å². The number of carbonyl (C=O) groups is 1. The Kier molecular flexibility index (Phi) is 5.39. The van der Waals surface area contributed by atoms with Crippen molar-refractivity contribution in [2.45, 2.75) is 0 Å². The van der Waals surface area contributed by atoms with Crippen LogP contribution in [0.5, 0.6) is 5.75 Å². The number of hydrazone groups is 1. The van der Waals surface area contributed by atoms with Gasteiger partial charge in [-0.05, 0) is 56.1 Å². The van der Waals surface area contributed by atoms with Gasteiger partial charge in [-0.25, -0.2) is 5.43 Å². The Balaban J connectivity index is 2.13. The second-order valence-corrected chi connectivity index (χ2v) is 6.15. The minimum absolute atomic E-state index is 0.00158. The van der Waals surface area contributed by atoms with Crippen molar-refractivity contribution in [1.82, 2.24) is 5.43 Å². The SMILES string of the molecule is O=C(NN=Cc1cc(Cl)cc(Br)c1O)c1ccccc1Br. The van der Waals surface area contributed by atoms with Crippen LogP contribution in [0.3, 0.4) is 0 Å². The van der Waals surface area contributed by atoms with Gasteiger partial charge in [-0.1, -0.05) is 23.7 Å². The van der Waals surface area contributed by atoms with Gasteiger partial charge in [0.25, 0.3) is 5.91 Å². The van der Waals surface area contributed by atoms with Crippen molar-refractivity contribution in [2.24, 2.45) is 5.10 Å². The molecular weight excluding hydrogens is 423 g/mol. The van der Waals surface area contributed by atoms with E-state index in [4.69, 9.17) is 11.6 Å². The molecule has 2 rings (SSSR count). The molecule has 0 atom stereocenters. The Morgan fingerprint density at radius 1 is 1.24 bits per heavy atom. The lowest BCUT2D eigenvalue weighted by molar-refractivity contribution is 0.0954. The number of rotatable bonds is 3. The first-order valence-corrected chi connectivity index (χ1v) is 7.71. The highest BCUT2D eigenvalue weighted by Gasteiger charge is 2.08. The van der Waals surface area contributed by atoms with Crippen molar-refractivity contribution in [3.05, 3.63) is 61.5 Å². The number of phenols is 1. The smallest absolute Gasteiger partial charge is 0.272 e. The number of hydrogen-bond donors (Lipinski definition) is 2. The Morgan fingerprint density at radius 3 is 2.67 bits per heavy atom. The van der Waals surface area contributed by atoms with E-state index in [0.29, 0.717) is 25.1 Å². The van der Waals surface area contributed by atoms with Crippen molar-refractivity contribution < 1.29 is 9.90 Å². The van der Waals surface area contributed by atoms with E-state index in [1.165, 1.54) is 12.3 Å². The average Bonchev–Trinajstić information content (AvgIpc) is 2.44. The molecule has 0 aliphatic rings. The number of benzene rings is 2. The number of aromatic hydroxyl groups is 1. The third-order valence-corrected chi connectivity index (χ3v) is 4.06. The maximum Gasteiger partial charge on any atom is 0.272 e. The van der Waals surface area contributed by atoms with E-state index in [0.717, 1.165) is 0 Å².